The number of hydrogen-bond donors (Lipinski definition) is 1. The molecule has 2 heteroatoms. The standard InChI is InChI=1S/C14H18ClN/c1-9-2-3-11(15)8-14(9)10-6-12-4-5-13(7-10)16-12/h2-3,8,10,12-13,16H,4-7H2,1H3/t10?,12-,13+. The van der Waals surface area contributed by atoms with Crippen LogP contribution in [-0.2, 0) is 0 Å². The van der Waals surface area contributed by atoms with Crippen molar-refractivity contribution in [2.75, 3.05) is 0 Å². The smallest absolute Gasteiger partial charge is 0.0409 e. The predicted octanol–water partition coefficient (Wildman–Crippen LogP) is 3.65. The number of benzene rings is 1. The van der Waals surface area contributed by atoms with Crippen LogP contribution in [0.3, 0.4) is 0 Å². The molecule has 2 aliphatic heterocycles. The molecule has 1 N–H and O–H groups in total. The average Bonchev–Trinajstić information content (AvgIpc) is 2.61. The molecule has 1 aromatic carbocycles. The number of fused-ring (bicyclic) bond motifs is 2. The van der Waals surface area contributed by atoms with Crippen LogP contribution in [-0.4, -0.2) is 12.1 Å². The van der Waals surface area contributed by atoms with Crippen LogP contribution in [0.1, 0.15) is 42.7 Å². The Morgan fingerprint density at radius 2 is 1.88 bits per heavy atom. The minimum absolute atomic E-state index is 0.720. The first kappa shape index (κ1) is 10.6. The fourth-order valence-corrected chi connectivity index (χ4v) is 3.54. The summed E-state index contributed by atoms with van der Waals surface area (Å²) in [6.07, 6.45) is 5.30. The van der Waals surface area contributed by atoms with Gasteiger partial charge in [0.1, 0.15) is 0 Å². The minimum atomic E-state index is 0.720. The van der Waals surface area contributed by atoms with Gasteiger partial charge in [0.05, 0.1) is 0 Å². The molecule has 3 atom stereocenters. The van der Waals surface area contributed by atoms with Gasteiger partial charge in [-0.15, -0.1) is 0 Å². The molecule has 2 saturated heterocycles. The molecule has 1 unspecified atom stereocenters. The molecule has 0 saturated carbocycles. The highest BCUT2D eigenvalue weighted by Crippen LogP contribution is 2.38. The molecule has 1 aromatic rings. The van der Waals surface area contributed by atoms with E-state index in [0.717, 1.165) is 23.0 Å². The molecule has 0 aliphatic carbocycles. The molecule has 0 amide bonds. The molecule has 0 radical (unpaired) electrons. The van der Waals surface area contributed by atoms with Crippen LogP contribution in [0.4, 0.5) is 0 Å². The van der Waals surface area contributed by atoms with E-state index in [4.69, 9.17) is 11.6 Å². The third-order valence-corrected chi connectivity index (χ3v) is 4.39. The zero-order chi connectivity index (χ0) is 11.1. The second-order valence-electron chi connectivity index (χ2n) is 5.31. The molecule has 2 heterocycles. The highest BCUT2D eigenvalue weighted by Gasteiger charge is 2.34. The van der Waals surface area contributed by atoms with Gasteiger partial charge in [-0.3, -0.25) is 0 Å². The van der Waals surface area contributed by atoms with Crippen molar-refractivity contribution in [2.24, 2.45) is 0 Å². The fourth-order valence-electron chi connectivity index (χ4n) is 3.36. The van der Waals surface area contributed by atoms with Crippen LogP contribution in [0.2, 0.25) is 5.02 Å². The van der Waals surface area contributed by atoms with Crippen molar-refractivity contribution in [3.8, 4) is 0 Å². The zero-order valence-corrected chi connectivity index (χ0v) is 10.4. The van der Waals surface area contributed by atoms with E-state index in [9.17, 15) is 0 Å². The van der Waals surface area contributed by atoms with Crippen molar-refractivity contribution in [2.45, 2.75) is 50.6 Å². The highest BCUT2D eigenvalue weighted by molar-refractivity contribution is 6.30. The molecule has 86 valence electrons. The predicted molar refractivity (Wildman–Crippen MR) is 68.1 cm³/mol. The molecule has 3 rings (SSSR count). The average molecular weight is 236 g/mol. The van der Waals surface area contributed by atoms with Crippen molar-refractivity contribution in [1.82, 2.24) is 5.32 Å². The number of rotatable bonds is 1. The molecule has 0 spiro atoms. The summed E-state index contributed by atoms with van der Waals surface area (Å²) in [7, 11) is 0. The van der Waals surface area contributed by atoms with Crippen molar-refractivity contribution < 1.29 is 0 Å². The Morgan fingerprint density at radius 1 is 1.19 bits per heavy atom. The third kappa shape index (κ3) is 1.87. The molecular weight excluding hydrogens is 218 g/mol. The van der Waals surface area contributed by atoms with E-state index in [1.54, 1.807) is 0 Å². The summed E-state index contributed by atoms with van der Waals surface area (Å²) in [5.41, 5.74) is 2.88. The van der Waals surface area contributed by atoms with Gasteiger partial charge in [0.25, 0.3) is 0 Å². The second kappa shape index (κ2) is 4.05. The fraction of sp³-hybridized carbons (Fsp3) is 0.571. The van der Waals surface area contributed by atoms with E-state index in [0.29, 0.717) is 0 Å². The molecule has 2 fully saturated rings. The molecule has 16 heavy (non-hydrogen) atoms. The monoisotopic (exact) mass is 235 g/mol. The Bertz CT molecular complexity index is 390. The van der Waals surface area contributed by atoms with Crippen molar-refractivity contribution >= 4 is 11.6 Å². The Balaban J connectivity index is 1.89. The summed E-state index contributed by atoms with van der Waals surface area (Å²) in [6.45, 7) is 2.20. The molecule has 1 nitrogen and oxygen atoms in total. The van der Waals surface area contributed by atoms with Crippen LogP contribution >= 0.6 is 11.6 Å². The maximum absolute atomic E-state index is 6.11. The summed E-state index contributed by atoms with van der Waals surface area (Å²) in [6, 6.07) is 7.83. The van der Waals surface area contributed by atoms with Crippen LogP contribution in [0, 0.1) is 6.92 Å². The molecule has 2 bridgehead atoms. The highest BCUT2D eigenvalue weighted by atomic mass is 35.5. The topological polar surface area (TPSA) is 12.0 Å². The van der Waals surface area contributed by atoms with Crippen molar-refractivity contribution in [3.63, 3.8) is 0 Å². The van der Waals surface area contributed by atoms with Crippen molar-refractivity contribution in [3.05, 3.63) is 34.3 Å². The second-order valence-corrected chi connectivity index (χ2v) is 5.74. The van der Waals surface area contributed by atoms with Crippen LogP contribution in [0.5, 0.6) is 0 Å². The molecule has 2 aliphatic rings. The Morgan fingerprint density at radius 3 is 2.56 bits per heavy atom. The van der Waals surface area contributed by atoms with Gasteiger partial charge in [0.15, 0.2) is 0 Å². The summed E-state index contributed by atoms with van der Waals surface area (Å²) >= 11 is 6.11. The van der Waals surface area contributed by atoms with Gasteiger partial charge in [-0.1, -0.05) is 17.7 Å². The van der Waals surface area contributed by atoms with Crippen LogP contribution in [0.15, 0.2) is 18.2 Å². The van der Waals surface area contributed by atoms with Crippen LogP contribution < -0.4 is 5.32 Å². The Hall–Kier alpha value is -0.530. The number of halogens is 1. The van der Waals surface area contributed by atoms with Gasteiger partial charge >= 0.3 is 0 Å². The van der Waals surface area contributed by atoms with E-state index in [1.807, 2.05) is 6.07 Å². The van der Waals surface area contributed by atoms with E-state index < -0.39 is 0 Å². The maximum atomic E-state index is 6.11. The normalized spacial score (nSPS) is 33.0. The summed E-state index contributed by atoms with van der Waals surface area (Å²) in [5, 5.41) is 4.57. The lowest BCUT2D eigenvalue weighted by Gasteiger charge is -2.30. The minimum Gasteiger partial charge on any atom is -0.311 e. The van der Waals surface area contributed by atoms with E-state index in [2.05, 4.69) is 24.4 Å². The van der Waals surface area contributed by atoms with Gasteiger partial charge in [-0.05, 0) is 61.8 Å². The third-order valence-electron chi connectivity index (χ3n) is 4.15. The summed E-state index contributed by atoms with van der Waals surface area (Å²) < 4.78 is 0. The molecular formula is C14H18ClN. The first-order valence-electron chi connectivity index (χ1n) is 6.24. The van der Waals surface area contributed by atoms with Gasteiger partial charge in [0, 0.05) is 17.1 Å². The van der Waals surface area contributed by atoms with E-state index >= 15 is 0 Å². The van der Waals surface area contributed by atoms with Gasteiger partial charge in [0.2, 0.25) is 0 Å². The lowest BCUT2D eigenvalue weighted by molar-refractivity contribution is 0.362. The first-order chi connectivity index (χ1) is 7.72. The van der Waals surface area contributed by atoms with Crippen molar-refractivity contribution in [1.29, 1.82) is 0 Å². The zero-order valence-electron chi connectivity index (χ0n) is 9.67. The van der Waals surface area contributed by atoms with Gasteiger partial charge < -0.3 is 5.32 Å². The molecule has 0 aromatic heterocycles. The number of aryl methyl sites for hydroxylation is 1. The van der Waals surface area contributed by atoms with E-state index in [-0.39, 0.29) is 0 Å². The largest absolute Gasteiger partial charge is 0.311 e. The maximum Gasteiger partial charge on any atom is 0.0409 e. The number of piperidine rings is 1. The summed E-state index contributed by atoms with van der Waals surface area (Å²) in [5.74, 6) is 0.720. The summed E-state index contributed by atoms with van der Waals surface area (Å²) in [4.78, 5) is 0. The number of hydrogen-bond acceptors (Lipinski definition) is 1. The lowest BCUT2D eigenvalue weighted by Crippen LogP contribution is -2.37. The van der Waals surface area contributed by atoms with Gasteiger partial charge in [-0.25, -0.2) is 0 Å². The Labute approximate surface area is 102 Å². The van der Waals surface area contributed by atoms with Crippen LogP contribution in [0.25, 0.3) is 0 Å². The number of nitrogens with one attached hydrogen (secondary N) is 1. The Kier molecular flexibility index (Phi) is 2.68. The quantitative estimate of drug-likeness (QED) is 0.784. The first-order valence-corrected chi connectivity index (χ1v) is 6.62. The lowest BCUT2D eigenvalue weighted by atomic mass is 9.84. The van der Waals surface area contributed by atoms with Gasteiger partial charge in [-0.2, -0.15) is 0 Å². The van der Waals surface area contributed by atoms with E-state index in [1.165, 1.54) is 36.8 Å². The SMILES string of the molecule is Cc1ccc(Cl)cc1C1C[C@H]2CC[C@@H](C1)N2.